The van der Waals surface area contributed by atoms with Crippen LogP contribution in [0.25, 0.3) is 0 Å². The third-order valence-electron chi connectivity index (χ3n) is 2.34. The molecule has 1 rings (SSSR count). The van der Waals surface area contributed by atoms with Crippen LogP contribution in [0, 0.1) is 6.92 Å². The number of carboxylic acids is 1. The van der Waals surface area contributed by atoms with E-state index in [1.165, 1.54) is 0 Å². The summed E-state index contributed by atoms with van der Waals surface area (Å²) >= 11 is 3.10. The van der Waals surface area contributed by atoms with Gasteiger partial charge in [-0.1, -0.05) is 27.6 Å². The Morgan fingerprint density at radius 2 is 2.11 bits per heavy atom. The molecule has 0 amide bonds. The Bertz CT molecular complexity index is 456. The molecule has 4 nitrogen and oxygen atoms in total. The molecule has 0 bridgehead atoms. The lowest BCUT2D eigenvalue weighted by Crippen LogP contribution is -2.19. The minimum atomic E-state index is -1.02. The van der Waals surface area contributed by atoms with E-state index in [9.17, 15) is 9.59 Å². The van der Waals surface area contributed by atoms with Crippen LogP contribution in [0.1, 0.15) is 29.3 Å². The van der Waals surface area contributed by atoms with Gasteiger partial charge in [0.1, 0.15) is 5.75 Å². The Balaban J connectivity index is 3.02. The Kier molecular flexibility index (Phi) is 5.34. The number of ketones is 1. The first kappa shape index (κ1) is 14.7. The molecule has 0 aliphatic heterocycles. The number of Topliss-reactive ketones (excluding diaryl/α,β-unsaturated/α-hetero) is 1. The number of carbonyl (C=O) groups is 2. The van der Waals surface area contributed by atoms with Crippen molar-refractivity contribution >= 4 is 27.7 Å². The van der Waals surface area contributed by atoms with E-state index in [0.29, 0.717) is 17.9 Å². The lowest BCUT2D eigenvalue weighted by Gasteiger charge is -2.12. The van der Waals surface area contributed by atoms with E-state index in [4.69, 9.17) is 9.84 Å². The lowest BCUT2D eigenvalue weighted by molar-refractivity contribution is -0.136. The first-order valence-electron chi connectivity index (χ1n) is 5.59. The molecule has 1 aromatic rings. The van der Waals surface area contributed by atoms with Gasteiger partial charge in [-0.3, -0.25) is 9.59 Å². The Labute approximate surface area is 114 Å². The summed E-state index contributed by atoms with van der Waals surface area (Å²) in [5.41, 5.74) is 1.34. The van der Waals surface area contributed by atoms with Crippen molar-refractivity contribution in [1.29, 1.82) is 0 Å². The van der Waals surface area contributed by atoms with Crippen LogP contribution in [0.2, 0.25) is 0 Å². The summed E-state index contributed by atoms with van der Waals surface area (Å²) in [6.07, 6.45) is -0.252. The van der Waals surface area contributed by atoms with Gasteiger partial charge in [0.05, 0.1) is 23.4 Å². The van der Waals surface area contributed by atoms with Crippen LogP contribution < -0.4 is 4.74 Å². The number of halogens is 1. The van der Waals surface area contributed by atoms with Crippen LogP contribution >= 0.6 is 15.9 Å². The van der Waals surface area contributed by atoms with Crippen molar-refractivity contribution in [3.8, 4) is 5.75 Å². The smallest absolute Gasteiger partial charge is 0.304 e. The average Bonchev–Trinajstić information content (AvgIpc) is 2.30. The number of carboxylic acid groups (broad SMARTS) is 1. The molecule has 0 saturated carbocycles. The summed E-state index contributed by atoms with van der Waals surface area (Å²) in [5.74, 6) is -0.802. The minimum Gasteiger partial charge on any atom is -0.493 e. The Morgan fingerprint density at radius 1 is 1.44 bits per heavy atom. The highest BCUT2D eigenvalue weighted by Crippen LogP contribution is 2.24. The molecule has 1 N–H and O–H groups in total. The van der Waals surface area contributed by atoms with Gasteiger partial charge in [-0.15, -0.1) is 0 Å². The number of rotatable bonds is 6. The Morgan fingerprint density at radius 3 is 2.67 bits per heavy atom. The number of hydrogen-bond acceptors (Lipinski definition) is 3. The third kappa shape index (κ3) is 3.84. The zero-order valence-corrected chi connectivity index (χ0v) is 11.9. The van der Waals surface area contributed by atoms with E-state index in [2.05, 4.69) is 15.9 Å². The van der Waals surface area contributed by atoms with E-state index in [-0.39, 0.29) is 12.2 Å². The first-order valence-corrected chi connectivity index (χ1v) is 6.50. The van der Waals surface area contributed by atoms with Gasteiger partial charge in [0.2, 0.25) is 0 Å². The second-order valence-corrected chi connectivity index (χ2v) is 4.97. The molecular weight excluding hydrogens is 300 g/mol. The van der Waals surface area contributed by atoms with Gasteiger partial charge in [0, 0.05) is 0 Å². The molecule has 0 aliphatic carbocycles. The van der Waals surface area contributed by atoms with Crippen LogP contribution in [0.3, 0.4) is 0 Å². The van der Waals surface area contributed by atoms with Crippen LogP contribution in [0.15, 0.2) is 18.2 Å². The summed E-state index contributed by atoms with van der Waals surface area (Å²) in [6.45, 7) is 4.15. The zero-order chi connectivity index (χ0) is 13.7. The van der Waals surface area contributed by atoms with Gasteiger partial charge in [-0.05, 0) is 26.0 Å². The average molecular weight is 315 g/mol. The van der Waals surface area contributed by atoms with E-state index >= 15 is 0 Å². The predicted molar refractivity (Wildman–Crippen MR) is 71.6 cm³/mol. The first-order chi connectivity index (χ1) is 8.45. The maximum absolute atomic E-state index is 12.1. The minimum absolute atomic E-state index is 0.252. The van der Waals surface area contributed by atoms with Crippen molar-refractivity contribution in [2.45, 2.75) is 25.1 Å². The van der Waals surface area contributed by atoms with Crippen molar-refractivity contribution in [3.63, 3.8) is 0 Å². The number of benzene rings is 1. The summed E-state index contributed by atoms with van der Waals surface area (Å²) < 4.78 is 5.38. The van der Waals surface area contributed by atoms with Gasteiger partial charge in [0.25, 0.3) is 0 Å². The van der Waals surface area contributed by atoms with Gasteiger partial charge >= 0.3 is 5.97 Å². The molecule has 0 spiro atoms. The van der Waals surface area contributed by atoms with Gasteiger partial charge in [-0.2, -0.15) is 0 Å². The predicted octanol–water partition coefficient (Wildman–Crippen LogP) is 2.81. The molecule has 0 aliphatic rings. The van der Waals surface area contributed by atoms with Crippen LogP contribution in [0.4, 0.5) is 0 Å². The van der Waals surface area contributed by atoms with Gasteiger partial charge < -0.3 is 9.84 Å². The highest BCUT2D eigenvalue weighted by molar-refractivity contribution is 9.10. The van der Waals surface area contributed by atoms with E-state index in [1.807, 2.05) is 19.9 Å². The maximum Gasteiger partial charge on any atom is 0.304 e. The summed E-state index contributed by atoms with van der Waals surface area (Å²) in [4.78, 5) is 22.0. The molecule has 1 aromatic carbocycles. The topological polar surface area (TPSA) is 63.6 Å². The summed E-state index contributed by atoms with van der Waals surface area (Å²) in [5, 5.41) is 8.69. The van der Waals surface area contributed by atoms with Crippen molar-refractivity contribution in [2.24, 2.45) is 0 Å². The number of aryl methyl sites for hydroxylation is 1. The molecule has 0 aromatic heterocycles. The fraction of sp³-hybridized carbons (Fsp3) is 0.385. The van der Waals surface area contributed by atoms with Gasteiger partial charge in [-0.25, -0.2) is 0 Å². The van der Waals surface area contributed by atoms with Crippen LogP contribution in [-0.2, 0) is 4.79 Å². The number of ether oxygens (including phenoxy) is 1. The van der Waals surface area contributed by atoms with Crippen molar-refractivity contribution in [3.05, 3.63) is 29.3 Å². The summed E-state index contributed by atoms with van der Waals surface area (Å²) in [6, 6.07) is 5.29. The molecule has 98 valence electrons. The second kappa shape index (κ2) is 6.54. The zero-order valence-electron chi connectivity index (χ0n) is 10.3. The van der Waals surface area contributed by atoms with Crippen molar-refractivity contribution in [1.82, 2.24) is 0 Å². The van der Waals surface area contributed by atoms with E-state index in [0.717, 1.165) is 5.56 Å². The highest BCUT2D eigenvalue weighted by atomic mass is 79.9. The normalized spacial score (nSPS) is 11.9. The second-order valence-electron chi connectivity index (χ2n) is 3.86. The number of carbonyl (C=O) groups excluding carboxylic acids is 1. The lowest BCUT2D eigenvalue weighted by atomic mass is 10.0. The highest BCUT2D eigenvalue weighted by Gasteiger charge is 2.23. The standard InChI is InChI=1S/C13H15BrO4/c1-3-18-11-5-4-8(2)6-9(11)13(17)10(14)7-12(15)16/h4-6,10H,3,7H2,1-2H3,(H,15,16). The van der Waals surface area contributed by atoms with E-state index in [1.54, 1.807) is 12.1 Å². The molecule has 5 heteroatoms. The van der Waals surface area contributed by atoms with E-state index < -0.39 is 10.8 Å². The molecule has 0 radical (unpaired) electrons. The largest absolute Gasteiger partial charge is 0.493 e. The maximum atomic E-state index is 12.1. The quantitative estimate of drug-likeness (QED) is 0.648. The van der Waals surface area contributed by atoms with Crippen molar-refractivity contribution in [2.75, 3.05) is 6.61 Å². The van der Waals surface area contributed by atoms with Crippen molar-refractivity contribution < 1.29 is 19.4 Å². The van der Waals surface area contributed by atoms with Crippen LogP contribution in [-0.4, -0.2) is 28.3 Å². The fourth-order valence-electron chi connectivity index (χ4n) is 1.53. The van der Waals surface area contributed by atoms with Gasteiger partial charge in [0.15, 0.2) is 5.78 Å². The number of hydrogen-bond donors (Lipinski definition) is 1. The Hall–Kier alpha value is -1.36. The summed E-state index contributed by atoms with van der Waals surface area (Å²) in [7, 11) is 0. The van der Waals surface area contributed by atoms with Crippen LogP contribution in [0.5, 0.6) is 5.75 Å². The SMILES string of the molecule is CCOc1ccc(C)cc1C(=O)C(Br)CC(=O)O. The molecule has 0 saturated heterocycles. The molecule has 0 fully saturated rings. The number of aliphatic carboxylic acids is 1. The molecule has 1 atom stereocenters. The molecule has 18 heavy (non-hydrogen) atoms. The monoisotopic (exact) mass is 314 g/mol. The fourth-order valence-corrected chi connectivity index (χ4v) is 2.06. The number of alkyl halides is 1. The third-order valence-corrected chi connectivity index (χ3v) is 3.08. The molecule has 0 heterocycles. The molecule has 1 unspecified atom stereocenters. The molecular formula is C13H15BrO4.